The van der Waals surface area contributed by atoms with E-state index in [4.69, 9.17) is 21.1 Å². The van der Waals surface area contributed by atoms with Gasteiger partial charge in [0.25, 0.3) is 0 Å². The van der Waals surface area contributed by atoms with Crippen molar-refractivity contribution in [1.29, 1.82) is 0 Å². The molecule has 112 valence electrons. The predicted octanol–water partition coefficient (Wildman–Crippen LogP) is 4.36. The lowest BCUT2D eigenvalue weighted by atomic mass is 10.3. The molecule has 0 atom stereocenters. The Labute approximate surface area is 129 Å². The summed E-state index contributed by atoms with van der Waals surface area (Å²) in [7, 11) is 1.29. The first-order valence-corrected chi connectivity index (χ1v) is 6.59. The van der Waals surface area contributed by atoms with Gasteiger partial charge in [-0.05, 0) is 12.1 Å². The van der Waals surface area contributed by atoms with E-state index >= 15 is 0 Å². The first kappa shape index (κ1) is 14.5. The number of hydrogen-bond acceptors (Lipinski definition) is 4. The van der Waals surface area contributed by atoms with E-state index < -0.39 is 16.7 Å². The monoisotopic (exact) mass is 322 g/mol. The summed E-state index contributed by atoms with van der Waals surface area (Å²) in [6.07, 6.45) is 1.32. The van der Waals surface area contributed by atoms with E-state index in [9.17, 15) is 8.78 Å². The topological polar surface area (TPSA) is 44.2 Å². The molecule has 2 aromatic carbocycles. The molecule has 0 unspecified atom stereocenters. The summed E-state index contributed by atoms with van der Waals surface area (Å²) in [5, 5.41) is -0.447. The van der Waals surface area contributed by atoms with Crippen LogP contribution in [0, 0.1) is 11.6 Å². The molecule has 0 aliphatic carbocycles. The third kappa shape index (κ3) is 2.53. The Hall–Kier alpha value is -2.47. The summed E-state index contributed by atoms with van der Waals surface area (Å²) < 4.78 is 37.7. The number of fused-ring (bicyclic) bond motifs is 1. The van der Waals surface area contributed by atoms with Gasteiger partial charge in [-0.2, -0.15) is 4.39 Å². The third-order valence-electron chi connectivity index (χ3n) is 2.94. The summed E-state index contributed by atoms with van der Waals surface area (Å²) in [6, 6.07) is 8.26. The van der Waals surface area contributed by atoms with E-state index in [1.165, 1.54) is 13.3 Å². The number of benzene rings is 2. The van der Waals surface area contributed by atoms with Crippen LogP contribution in [0.15, 0.2) is 36.5 Å². The van der Waals surface area contributed by atoms with Crippen LogP contribution in [0.25, 0.3) is 11.0 Å². The van der Waals surface area contributed by atoms with Crippen LogP contribution in [0.2, 0.25) is 5.02 Å². The Kier molecular flexibility index (Phi) is 3.77. The van der Waals surface area contributed by atoms with Gasteiger partial charge in [-0.15, -0.1) is 0 Å². The number of para-hydroxylation sites is 2. The second-order valence-corrected chi connectivity index (χ2v) is 4.70. The van der Waals surface area contributed by atoms with Crippen LogP contribution in [0.3, 0.4) is 0 Å². The zero-order chi connectivity index (χ0) is 15.7. The van der Waals surface area contributed by atoms with Crippen LogP contribution >= 0.6 is 11.6 Å². The van der Waals surface area contributed by atoms with Crippen molar-refractivity contribution >= 4 is 22.6 Å². The molecule has 1 heterocycles. The zero-order valence-corrected chi connectivity index (χ0v) is 12.1. The van der Waals surface area contributed by atoms with Crippen molar-refractivity contribution < 1.29 is 18.3 Å². The molecule has 0 N–H and O–H groups in total. The third-order valence-corrected chi connectivity index (χ3v) is 3.29. The van der Waals surface area contributed by atoms with Gasteiger partial charge in [0.15, 0.2) is 11.6 Å². The molecule has 0 fully saturated rings. The summed E-state index contributed by atoms with van der Waals surface area (Å²) in [4.78, 5) is 8.30. The maximum atomic E-state index is 13.9. The van der Waals surface area contributed by atoms with Crippen molar-refractivity contribution in [3.63, 3.8) is 0 Å². The normalized spacial score (nSPS) is 10.7. The molecule has 0 amide bonds. The summed E-state index contributed by atoms with van der Waals surface area (Å²) in [6.45, 7) is 0. The van der Waals surface area contributed by atoms with Crippen molar-refractivity contribution in [3.05, 3.63) is 53.2 Å². The van der Waals surface area contributed by atoms with Gasteiger partial charge in [0.2, 0.25) is 11.7 Å². The van der Waals surface area contributed by atoms with Crippen molar-refractivity contribution in [2.24, 2.45) is 0 Å². The highest BCUT2D eigenvalue weighted by molar-refractivity contribution is 6.32. The van der Waals surface area contributed by atoms with Gasteiger partial charge in [-0.1, -0.05) is 23.7 Å². The fraction of sp³-hybridized carbons (Fsp3) is 0.0667. The molecule has 0 saturated carbocycles. The van der Waals surface area contributed by atoms with E-state index in [0.29, 0.717) is 11.0 Å². The Morgan fingerprint density at radius 1 is 1.05 bits per heavy atom. The van der Waals surface area contributed by atoms with Crippen molar-refractivity contribution in [2.45, 2.75) is 0 Å². The SMILES string of the molecule is COc1cc(Oc2cnc3ccccc3n2)c(F)c(F)c1Cl. The second-order valence-electron chi connectivity index (χ2n) is 4.32. The highest BCUT2D eigenvalue weighted by atomic mass is 35.5. The van der Waals surface area contributed by atoms with Crippen LogP contribution in [0.5, 0.6) is 17.4 Å². The van der Waals surface area contributed by atoms with Gasteiger partial charge in [-0.25, -0.2) is 14.4 Å². The molecule has 7 heteroatoms. The van der Waals surface area contributed by atoms with Crippen molar-refractivity contribution in [1.82, 2.24) is 9.97 Å². The first-order chi connectivity index (χ1) is 10.6. The quantitative estimate of drug-likeness (QED) is 0.672. The number of ether oxygens (including phenoxy) is 2. The number of halogens is 3. The van der Waals surface area contributed by atoms with Gasteiger partial charge in [-0.3, -0.25) is 0 Å². The molecular formula is C15H9ClF2N2O2. The molecule has 1 aromatic heterocycles. The number of aromatic nitrogens is 2. The first-order valence-electron chi connectivity index (χ1n) is 6.21. The summed E-state index contributed by atoms with van der Waals surface area (Å²) >= 11 is 5.63. The van der Waals surface area contributed by atoms with Crippen LogP contribution in [0.1, 0.15) is 0 Å². The fourth-order valence-corrected chi connectivity index (χ4v) is 2.10. The van der Waals surface area contributed by atoms with Crippen LogP contribution in [-0.4, -0.2) is 17.1 Å². The number of methoxy groups -OCH3 is 1. The zero-order valence-electron chi connectivity index (χ0n) is 11.3. The van der Waals surface area contributed by atoms with Gasteiger partial charge >= 0.3 is 0 Å². The highest BCUT2D eigenvalue weighted by Gasteiger charge is 2.20. The van der Waals surface area contributed by atoms with Gasteiger partial charge in [0.1, 0.15) is 10.8 Å². The standard InChI is InChI=1S/C15H9ClF2N2O2/c1-21-10-6-11(14(17)15(18)13(10)16)22-12-7-19-8-4-2-3-5-9(8)20-12/h2-7H,1H3. The van der Waals surface area contributed by atoms with Crippen LogP contribution < -0.4 is 9.47 Å². The molecule has 0 saturated heterocycles. The maximum absolute atomic E-state index is 13.9. The molecule has 0 radical (unpaired) electrons. The molecule has 4 nitrogen and oxygen atoms in total. The van der Waals surface area contributed by atoms with Gasteiger partial charge in [0.05, 0.1) is 24.3 Å². The van der Waals surface area contributed by atoms with E-state index in [1.54, 1.807) is 18.2 Å². The average molecular weight is 323 g/mol. The average Bonchev–Trinajstić information content (AvgIpc) is 2.55. The Bertz CT molecular complexity index is 858. The number of rotatable bonds is 3. The van der Waals surface area contributed by atoms with Crippen LogP contribution in [-0.2, 0) is 0 Å². The molecular weight excluding hydrogens is 314 g/mol. The number of nitrogens with zero attached hydrogens (tertiary/aromatic N) is 2. The van der Waals surface area contributed by atoms with Gasteiger partial charge < -0.3 is 9.47 Å². The second kappa shape index (κ2) is 5.73. The molecule has 3 aromatic rings. The Morgan fingerprint density at radius 2 is 1.77 bits per heavy atom. The fourth-order valence-electron chi connectivity index (χ4n) is 1.88. The largest absolute Gasteiger partial charge is 0.495 e. The van der Waals surface area contributed by atoms with E-state index in [2.05, 4.69) is 9.97 Å². The minimum atomic E-state index is -1.25. The summed E-state index contributed by atoms with van der Waals surface area (Å²) in [5.74, 6) is -2.86. The maximum Gasteiger partial charge on any atom is 0.238 e. The van der Waals surface area contributed by atoms with Gasteiger partial charge in [0, 0.05) is 6.07 Å². The molecule has 0 aliphatic rings. The van der Waals surface area contributed by atoms with E-state index in [0.717, 1.165) is 6.07 Å². The Balaban J connectivity index is 2.02. The van der Waals surface area contributed by atoms with Crippen LogP contribution in [0.4, 0.5) is 8.78 Å². The van der Waals surface area contributed by atoms with E-state index in [1.807, 2.05) is 6.07 Å². The Morgan fingerprint density at radius 3 is 2.50 bits per heavy atom. The lowest BCUT2D eigenvalue weighted by molar-refractivity contribution is 0.380. The predicted molar refractivity (Wildman–Crippen MR) is 77.5 cm³/mol. The number of hydrogen-bond donors (Lipinski definition) is 0. The molecule has 0 spiro atoms. The van der Waals surface area contributed by atoms with Crippen molar-refractivity contribution in [2.75, 3.05) is 7.11 Å². The molecule has 3 rings (SSSR count). The molecule has 22 heavy (non-hydrogen) atoms. The molecule has 0 bridgehead atoms. The smallest absolute Gasteiger partial charge is 0.238 e. The highest BCUT2D eigenvalue weighted by Crippen LogP contribution is 2.36. The van der Waals surface area contributed by atoms with Crippen molar-refractivity contribution in [3.8, 4) is 17.4 Å². The summed E-state index contributed by atoms with van der Waals surface area (Å²) in [5.41, 5.74) is 1.23. The molecule has 0 aliphatic heterocycles. The van der Waals surface area contributed by atoms with E-state index in [-0.39, 0.29) is 17.4 Å². The minimum Gasteiger partial charge on any atom is -0.495 e. The minimum absolute atomic E-state index is 0.0291. The lowest BCUT2D eigenvalue weighted by Crippen LogP contribution is -1.98. The lowest BCUT2D eigenvalue weighted by Gasteiger charge is -2.10.